The largest absolute Gasteiger partial charge is 0.324 e. The number of aromatic nitrogens is 4. The molecule has 0 saturated carbocycles. The number of carbonyl (C=O) groups excluding carboxylic acids is 1. The number of nitrogens with zero attached hydrogens (tertiary/aromatic N) is 4. The van der Waals surface area contributed by atoms with Crippen molar-refractivity contribution in [1.29, 1.82) is 0 Å². The maximum Gasteiger partial charge on any atom is 0.224 e. The molecule has 0 bridgehead atoms. The van der Waals surface area contributed by atoms with E-state index in [1.165, 1.54) is 6.33 Å². The number of piperidine rings is 1. The third kappa shape index (κ3) is 3.43. The fraction of sp³-hybridized carbons (Fsp3) is 0.429. The van der Waals surface area contributed by atoms with Gasteiger partial charge in [-0.25, -0.2) is 0 Å². The molecule has 21 heavy (non-hydrogen) atoms. The molecule has 0 atom stereocenters. The van der Waals surface area contributed by atoms with E-state index in [4.69, 9.17) is 0 Å². The van der Waals surface area contributed by atoms with Gasteiger partial charge in [-0.3, -0.25) is 4.79 Å². The van der Waals surface area contributed by atoms with Crippen molar-refractivity contribution in [2.24, 2.45) is 5.92 Å². The maximum atomic E-state index is 12.2. The Balaban J connectivity index is 1.68. The molecule has 1 aliphatic heterocycles. The summed E-state index contributed by atoms with van der Waals surface area (Å²) in [4.78, 5) is 12.2. The van der Waals surface area contributed by atoms with Crippen LogP contribution in [0.3, 0.4) is 0 Å². The molecule has 2 aromatic rings. The van der Waals surface area contributed by atoms with Crippen molar-refractivity contribution < 1.29 is 4.79 Å². The Labute approximate surface area is 122 Å². The number of amides is 1. The highest BCUT2D eigenvalue weighted by molar-refractivity contribution is 5.92. The van der Waals surface area contributed by atoms with E-state index < -0.39 is 0 Å². The summed E-state index contributed by atoms with van der Waals surface area (Å²) in [6.45, 7) is 2.00. The Bertz CT molecular complexity index is 591. The van der Waals surface area contributed by atoms with Crippen molar-refractivity contribution in [3.05, 3.63) is 30.6 Å². The van der Waals surface area contributed by atoms with Gasteiger partial charge in [-0.2, -0.15) is 4.68 Å². The van der Waals surface area contributed by atoms with Gasteiger partial charge >= 0.3 is 0 Å². The number of tetrazole rings is 1. The Hall–Kier alpha value is -2.28. The number of anilines is 1. The molecule has 1 aliphatic rings. The predicted octanol–water partition coefficient (Wildman–Crippen LogP) is 0.990. The summed E-state index contributed by atoms with van der Waals surface area (Å²) in [5, 5.41) is 17.4. The molecule has 110 valence electrons. The van der Waals surface area contributed by atoms with Crippen LogP contribution >= 0.6 is 0 Å². The lowest BCUT2D eigenvalue weighted by molar-refractivity contribution is -0.117. The van der Waals surface area contributed by atoms with Gasteiger partial charge in [0.15, 0.2) is 0 Å². The summed E-state index contributed by atoms with van der Waals surface area (Å²) >= 11 is 0. The lowest BCUT2D eigenvalue weighted by Crippen LogP contribution is -2.30. The van der Waals surface area contributed by atoms with Gasteiger partial charge in [-0.05, 0) is 54.4 Å². The minimum atomic E-state index is 0.0439. The molecular formula is C14H18N6O. The monoisotopic (exact) mass is 286 g/mol. The van der Waals surface area contributed by atoms with Crippen molar-refractivity contribution in [3.63, 3.8) is 0 Å². The SMILES string of the molecule is O=C(CC1CCNCC1)Nc1ccccc1-n1cnnn1. The topological polar surface area (TPSA) is 84.7 Å². The van der Waals surface area contributed by atoms with Crippen LogP contribution in [0.5, 0.6) is 0 Å². The number of rotatable bonds is 4. The van der Waals surface area contributed by atoms with Gasteiger partial charge in [0.1, 0.15) is 6.33 Å². The Morgan fingerprint density at radius 2 is 2.14 bits per heavy atom. The second kappa shape index (κ2) is 6.45. The number of para-hydroxylation sites is 2. The first kappa shape index (κ1) is 13.7. The third-order valence-corrected chi connectivity index (χ3v) is 3.71. The van der Waals surface area contributed by atoms with E-state index in [2.05, 4.69) is 26.2 Å². The summed E-state index contributed by atoms with van der Waals surface area (Å²) in [6.07, 6.45) is 4.19. The van der Waals surface area contributed by atoms with Crippen molar-refractivity contribution in [3.8, 4) is 5.69 Å². The van der Waals surface area contributed by atoms with E-state index >= 15 is 0 Å². The van der Waals surface area contributed by atoms with Crippen LogP contribution in [-0.4, -0.2) is 39.2 Å². The first-order valence-electron chi connectivity index (χ1n) is 7.16. The molecule has 7 nitrogen and oxygen atoms in total. The first-order chi connectivity index (χ1) is 10.3. The zero-order valence-corrected chi connectivity index (χ0v) is 11.7. The molecule has 0 spiro atoms. The minimum absolute atomic E-state index is 0.0439. The normalized spacial score (nSPS) is 15.8. The summed E-state index contributed by atoms with van der Waals surface area (Å²) in [7, 11) is 0. The van der Waals surface area contributed by atoms with E-state index in [9.17, 15) is 4.79 Å². The summed E-state index contributed by atoms with van der Waals surface area (Å²) < 4.78 is 1.54. The molecule has 2 heterocycles. The van der Waals surface area contributed by atoms with Crippen LogP contribution in [0.15, 0.2) is 30.6 Å². The fourth-order valence-electron chi connectivity index (χ4n) is 2.60. The minimum Gasteiger partial charge on any atom is -0.324 e. The number of nitrogens with one attached hydrogen (secondary N) is 2. The Morgan fingerprint density at radius 3 is 2.90 bits per heavy atom. The third-order valence-electron chi connectivity index (χ3n) is 3.71. The lowest BCUT2D eigenvalue weighted by atomic mass is 9.94. The van der Waals surface area contributed by atoms with Gasteiger partial charge in [0.2, 0.25) is 5.91 Å². The highest BCUT2D eigenvalue weighted by Gasteiger charge is 2.17. The van der Waals surface area contributed by atoms with E-state index in [0.29, 0.717) is 12.3 Å². The molecule has 0 aliphatic carbocycles. The molecule has 1 aromatic carbocycles. The smallest absolute Gasteiger partial charge is 0.224 e. The number of carbonyl (C=O) groups is 1. The van der Waals surface area contributed by atoms with Gasteiger partial charge in [-0.15, -0.1) is 5.10 Å². The lowest BCUT2D eigenvalue weighted by Gasteiger charge is -2.22. The van der Waals surface area contributed by atoms with Gasteiger partial charge in [0.05, 0.1) is 11.4 Å². The maximum absolute atomic E-state index is 12.2. The van der Waals surface area contributed by atoms with E-state index in [1.54, 1.807) is 4.68 Å². The Morgan fingerprint density at radius 1 is 1.33 bits per heavy atom. The second-order valence-corrected chi connectivity index (χ2v) is 5.22. The van der Waals surface area contributed by atoms with Crippen molar-refractivity contribution in [2.75, 3.05) is 18.4 Å². The van der Waals surface area contributed by atoms with Crippen LogP contribution < -0.4 is 10.6 Å². The Kier molecular flexibility index (Phi) is 4.20. The number of hydrogen-bond acceptors (Lipinski definition) is 5. The standard InChI is InChI=1S/C14H18N6O/c21-14(9-11-5-7-15-8-6-11)17-12-3-1-2-4-13(12)20-10-16-18-19-20/h1-4,10-11,15H,5-9H2,(H,17,21). The van der Waals surface area contributed by atoms with Crippen molar-refractivity contribution in [2.45, 2.75) is 19.3 Å². The molecule has 3 rings (SSSR count). The number of benzene rings is 1. The van der Waals surface area contributed by atoms with Gasteiger partial charge in [0, 0.05) is 6.42 Å². The zero-order valence-electron chi connectivity index (χ0n) is 11.7. The first-order valence-corrected chi connectivity index (χ1v) is 7.16. The molecule has 0 radical (unpaired) electrons. The number of hydrogen-bond donors (Lipinski definition) is 2. The molecule has 0 unspecified atom stereocenters. The highest BCUT2D eigenvalue weighted by atomic mass is 16.1. The molecule has 2 N–H and O–H groups in total. The predicted molar refractivity (Wildman–Crippen MR) is 78.0 cm³/mol. The fourth-order valence-corrected chi connectivity index (χ4v) is 2.60. The van der Waals surface area contributed by atoms with Crippen LogP contribution in [0.1, 0.15) is 19.3 Å². The van der Waals surface area contributed by atoms with Crippen LogP contribution in [0.4, 0.5) is 5.69 Å². The van der Waals surface area contributed by atoms with Crippen LogP contribution in [0.25, 0.3) is 5.69 Å². The van der Waals surface area contributed by atoms with E-state index in [1.807, 2.05) is 24.3 Å². The summed E-state index contributed by atoms with van der Waals surface area (Å²) in [5.41, 5.74) is 1.49. The van der Waals surface area contributed by atoms with Gasteiger partial charge < -0.3 is 10.6 Å². The highest BCUT2D eigenvalue weighted by Crippen LogP contribution is 2.21. The van der Waals surface area contributed by atoms with Gasteiger partial charge in [0.25, 0.3) is 0 Å². The summed E-state index contributed by atoms with van der Waals surface area (Å²) in [6, 6.07) is 7.50. The molecule has 1 aromatic heterocycles. The van der Waals surface area contributed by atoms with E-state index in [0.717, 1.165) is 37.3 Å². The molecule has 1 saturated heterocycles. The second-order valence-electron chi connectivity index (χ2n) is 5.22. The van der Waals surface area contributed by atoms with Crippen LogP contribution in [0.2, 0.25) is 0 Å². The average molecular weight is 286 g/mol. The molecular weight excluding hydrogens is 268 g/mol. The average Bonchev–Trinajstić information content (AvgIpc) is 3.03. The van der Waals surface area contributed by atoms with Crippen LogP contribution in [-0.2, 0) is 4.79 Å². The van der Waals surface area contributed by atoms with Crippen LogP contribution in [0, 0.1) is 5.92 Å². The molecule has 1 amide bonds. The molecule has 1 fully saturated rings. The van der Waals surface area contributed by atoms with Crippen molar-refractivity contribution >= 4 is 11.6 Å². The van der Waals surface area contributed by atoms with Crippen molar-refractivity contribution in [1.82, 2.24) is 25.5 Å². The van der Waals surface area contributed by atoms with E-state index in [-0.39, 0.29) is 5.91 Å². The quantitative estimate of drug-likeness (QED) is 0.875. The summed E-state index contributed by atoms with van der Waals surface area (Å²) in [5.74, 6) is 0.508. The zero-order chi connectivity index (χ0) is 14.5. The van der Waals surface area contributed by atoms with Gasteiger partial charge in [-0.1, -0.05) is 12.1 Å². The molecule has 7 heteroatoms.